The highest BCUT2D eigenvalue weighted by Gasteiger charge is 2.39. The van der Waals surface area contributed by atoms with Crippen LogP contribution in [0.25, 0.3) is 10.9 Å². The fourth-order valence-electron chi connectivity index (χ4n) is 4.19. The first-order valence-corrected chi connectivity index (χ1v) is 8.35. The summed E-state index contributed by atoms with van der Waals surface area (Å²) in [7, 11) is 0. The van der Waals surface area contributed by atoms with Crippen molar-refractivity contribution in [2.24, 2.45) is 11.8 Å². The summed E-state index contributed by atoms with van der Waals surface area (Å²) in [4.78, 5) is 29.7. The Morgan fingerprint density at radius 2 is 1.91 bits per heavy atom. The molecule has 4 rings (SSSR count). The maximum absolute atomic E-state index is 13.0. The molecular weight excluding hydrogens is 290 g/mol. The first-order chi connectivity index (χ1) is 11.2. The molecule has 0 aliphatic heterocycles. The normalized spacial score (nSPS) is 22.3. The molecule has 2 aromatic rings. The fraction of sp³-hybridized carbons (Fsp3) is 0.421. The smallest absolute Gasteiger partial charge is 0.168 e. The van der Waals surface area contributed by atoms with Crippen molar-refractivity contribution in [3.05, 3.63) is 35.5 Å². The number of fused-ring (bicyclic) bond motifs is 2. The lowest BCUT2D eigenvalue weighted by atomic mass is 9.70. The van der Waals surface area contributed by atoms with Gasteiger partial charge in [-0.15, -0.1) is 0 Å². The van der Waals surface area contributed by atoms with Gasteiger partial charge >= 0.3 is 0 Å². The minimum absolute atomic E-state index is 0.0209. The number of hydrogen-bond donors (Lipinski definition) is 1. The molecule has 1 heterocycles. The largest absolute Gasteiger partial charge is 0.505 e. The monoisotopic (exact) mass is 309 g/mol. The maximum atomic E-state index is 13.0. The van der Waals surface area contributed by atoms with Gasteiger partial charge < -0.3 is 5.11 Å². The van der Waals surface area contributed by atoms with E-state index in [0.29, 0.717) is 22.4 Å². The van der Waals surface area contributed by atoms with Crippen LogP contribution in [0.15, 0.2) is 24.4 Å². The molecular formula is C19H19NO3. The third-order valence-corrected chi connectivity index (χ3v) is 5.37. The van der Waals surface area contributed by atoms with Gasteiger partial charge in [0.05, 0.1) is 5.56 Å². The predicted molar refractivity (Wildman–Crippen MR) is 86.8 cm³/mol. The summed E-state index contributed by atoms with van der Waals surface area (Å²) in [6.45, 7) is 0. The predicted octanol–water partition coefficient (Wildman–Crippen LogP) is 3.91. The Kier molecular flexibility index (Phi) is 3.40. The summed E-state index contributed by atoms with van der Waals surface area (Å²) in [5, 5.41) is 11.1. The lowest BCUT2D eigenvalue weighted by Gasteiger charge is -2.32. The molecule has 118 valence electrons. The van der Waals surface area contributed by atoms with Crippen LogP contribution in [0.2, 0.25) is 0 Å². The number of phenols is 1. The van der Waals surface area contributed by atoms with E-state index in [-0.39, 0.29) is 35.2 Å². The molecule has 1 aromatic heterocycles. The third kappa shape index (κ3) is 2.24. The number of aromatic hydroxyl groups is 1. The Bertz CT molecular complexity index is 806. The van der Waals surface area contributed by atoms with Crippen molar-refractivity contribution < 1.29 is 14.7 Å². The Morgan fingerprint density at radius 1 is 1.13 bits per heavy atom. The van der Waals surface area contributed by atoms with Crippen molar-refractivity contribution in [3.8, 4) is 5.75 Å². The zero-order valence-corrected chi connectivity index (χ0v) is 12.9. The molecule has 1 fully saturated rings. The van der Waals surface area contributed by atoms with Crippen LogP contribution in [0, 0.1) is 11.8 Å². The van der Waals surface area contributed by atoms with E-state index in [0.717, 1.165) is 25.7 Å². The van der Waals surface area contributed by atoms with Crippen molar-refractivity contribution >= 4 is 22.5 Å². The van der Waals surface area contributed by atoms with Crippen molar-refractivity contribution in [1.29, 1.82) is 0 Å². The van der Waals surface area contributed by atoms with E-state index in [1.54, 1.807) is 18.3 Å². The van der Waals surface area contributed by atoms with E-state index < -0.39 is 0 Å². The minimum atomic E-state index is -0.219. The summed E-state index contributed by atoms with van der Waals surface area (Å²) < 4.78 is 0. The van der Waals surface area contributed by atoms with Crippen molar-refractivity contribution in [2.45, 2.75) is 38.5 Å². The number of benzene rings is 1. The van der Waals surface area contributed by atoms with Crippen LogP contribution in [0.3, 0.4) is 0 Å². The van der Waals surface area contributed by atoms with Crippen LogP contribution in [0.5, 0.6) is 5.75 Å². The van der Waals surface area contributed by atoms with Gasteiger partial charge in [0.2, 0.25) is 0 Å². The number of Topliss-reactive ketones (excluding diaryl/α,β-unsaturated/α-hetero) is 2. The Labute approximate surface area is 134 Å². The second-order valence-corrected chi connectivity index (χ2v) is 6.72. The number of aromatic nitrogens is 1. The lowest BCUT2D eigenvalue weighted by molar-refractivity contribution is 0.0745. The molecule has 23 heavy (non-hydrogen) atoms. The van der Waals surface area contributed by atoms with Crippen molar-refractivity contribution in [1.82, 2.24) is 4.98 Å². The minimum Gasteiger partial charge on any atom is -0.505 e. The Morgan fingerprint density at radius 3 is 2.70 bits per heavy atom. The standard InChI is InChI=1S/C19H19NO3/c21-15-10-13(11-5-2-1-3-6-11)18(22)14-9-12-7-4-8-20-17(12)19(23)16(14)15/h4,7-9,11,13,23H,1-3,5-6,10H2. The highest BCUT2D eigenvalue weighted by molar-refractivity contribution is 6.19. The molecule has 1 atom stereocenters. The van der Waals surface area contributed by atoms with Gasteiger partial charge in [0.1, 0.15) is 5.52 Å². The zero-order chi connectivity index (χ0) is 16.0. The summed E-state index contributed by atoms with van der Waals surface area (Å²) in [5.41, 5.74) is 0.951. The molecule has 0 radical (unpaired) electrons. The van der Waals surface area contributed by atoms with Crippen LogP contribution < -0.4 is 0 Å². The van der Waals surface area contributed by atoms with E-state index in [4.69, 9.17) is 0 Å². The molecule has 2 aliphatic carbocycles. The molecule has 4 nitrogen and oxygen atoms in total. The van der Waals surface area contributed by atoms with E-state index in [2.05, 4.69) is 4.98 Å². The van der Waals surface area contributed by atoms with E-state index in [1.165, 1.54) is 6.42 Å². The van der Waals surface area contributed by atoms with Gasteiger partial charge in [-0.05, 0) is 30.9 Å². The van der Waals surface area contributed by atoms with Crippen LogP contribution in [0.4, 0.5) is 0 Å². The van der Waals surface area contributed by atoms with Gasteiger partial charge in [0.15, 0.2) is 17.3 Å². The number of ketones is 2. The molecule has 0 amide bonds. The van der Waals surface area contributed by atoms with Gasteiger partial charge in [0, 0.05) is 29.5 Å². The lowest BCUT2D eigenvalue weighted by Crippen LogP contribution is -2.33. The van der Waals surface area contributed by atoms with E-state index in [9.17, 15) is 14.7 Å². The second-order valence-electron chi connectivity index (χ2n) is 6.72. The van der Waals surface area contributed by atoms with Crippen LogP contribution in [-0.4, -0.2) is 21.7 Å². The number of nitrogens with zero attached hydrogens (tertiary/aromatic N) is 1. The zero-order valence-electron chi connectivity index (χ0n) is 12.9. The molecule has 0 spiro atoms. The van der Waals surface area contributed by atoms with Crippen LogP contribution in [-0.2, 0) is 0 Å². The number of carbonyl (C=O) groups is 2. The van der Waals surface area contributed by atoms with Crippen LogP contribution in [0.1, 0.15) is 59.2 Å². The molecule has 4 heteroatoms. The number of hydrogen-bond acceptors (Lipinski definition) is 4. The number of pyridine rings is 1. The quantitative estimate of drug-likeness (QED) is 0.867. The van der Waals surface area contributed by atoms with Gasteiger partial charge in [-0.3, -0.25) is 14.6 Å². The SMILES string of the molecule is O=C1CC(C2CCCCC2)C(=O)c2cc3cccnc3c(O)c21. The molecule has 0 saturated heterocycles. The molecule has 1 aromatic carbocycles. The van der Waals surface area contributed by atoms with Gasteiger partial charge in [-0.1, -0.05) is 25.3 Å². The van der Waals surface area contributed by atoms with E-state index in [1.807, 2.05) is 6.07 Å². The average molecular weight is 309 g/mol. The third-order valence-electron chi connectivity index (χ3n) is 5.37. The van der Waals surface area contributed by atoms with Crippen molar-refractivity contribution in [3.63, 3.8) is 0 Å². The number of rotatable bonds is 1. The summed E-state index contributed by atoms with van der Waals surface area (Å²) in [6, 6.07) is 5.30. The molecule has 0 bridgehead atoms. The van der Waals surface area contributed by atoms with Gasteiger partial charge in [-0.25, -0.2) is 0 Å². The fourth-order valence-corrected chi connectivity index (χ4v) is 4.19. The van der Waals surface area contributed by atoms with Gasteiger partial charge in [-0.2, -0.15) is 0 Å². The van der Waals surface area contributed by atoms with Crippen molar-refractivity contribution in [2.75, 3.05) is 0 Å². The summed E-state index contributed by atoms with van der Waals surface area (Å²) in [6.07, 6.45) is 7.36. The molecule has 2 aliphatic rings. The number of carbonyl (C=O) groups excluding carboxylic acids is 2. The first kappa shape index (κ1) is 14.4. The van der Waals surface area contributed by atoms with Crippen LogP contribution >= 0.6 is 0 Å². The second kappa shape index (κ2) is 5.44. The van der Waals surface area contributed by atoms with E-state index >= 15 is 0 Å². The molecule has 1 saturated carbocycles. The maximum Gasteiger partial charge on any atom is 0.168 e. The first-order valence-electron chi connectivity index (χ1n) is 8.35. The summed E-state index contributed by atoms with van der Waals surface area (Å²) >= 11 is 0. The summed E-state index contributed by atoms with van der Waals surface area (Å²) in [5.74, 6) is -0.157. The highest BCUT2D eigenvalue weighted by Crippen LogP contribution is 2.41. The number of phenolic OH excluding ortho intramolecular Hbond substituents is 1. The van der Waals surface area contributed by atoms with Gasteiger partial charge in [0.25, 0.3) is 0 Å². The Hall–Kier alpha value is -2.23. The molecule has 1 N–H and O–H groups in total. The average Bonchev–Trinajstić information content (AvgIpc) is 2.59. The Balaban J connectivity index is 1.83. The topological polar surface area (TPSA) is 67.3 Å². The molecule has 1 unspecified atom stereocenters. The highest BCUT2D eigenvalue weighted by atomic mass is 16.3.